The van der Waals surface area contributed by atoms with Crippen LogP contribution in [0.1, 0.15) is 45.4 Å². The van der Waals surface area contributed by atoms with Gasteiger partial charge in [-0.15, -0.1) is 0 Å². The zero-order chi connectivity index (χ0) is 13.5. The highest BCUT2D eigenvalue weighted by Gasteiger charge is 2.11. The highest BCUT2D eigenvalue weighted by atomic mass is 16.5. The summed E-state index contributed by atoms with van der Waals surface area (Å²) < 4.78 is 5.72. The van der Waals surface area contributed by atoms with E-state index in [1.165, 1.54) is 37.8 Å². The molecule has 0 aromatic heterocycles. The molecule has 1 aromatic rings. The number of hydrogen-bond acceptors (Lipinski definition) is 3. The van der Waals surface area contributed by atoms with E-state index in [4.69, 9.17) is 10.5 Å². The van der Waals surface area contributed by atoms with Gasteiger partial charge in [-0.2, -0.15) is 0 Å². The predicted molar refractivity (Wildman–Crippen MR) is 81.9 cm³/mol. The van der Waals surface area contributed by atoms with E-state index in [0.29, 0.717) is 0 Å². The van der Waals surface area contributed by atoms with E-state index in [2.05, 4.69) is 24.0 Å². The maximum absolute atomic E-state index is 5.97. The summed E-state index contributed by atoms with van der Waals surface area (Å²) in [7, 11) is 0. The molecule has 3 nitrogen and oxygen atoms in total. The van der Waals surface area contributed by atoms with Crippen LogP contribution in [-0.2, 0) is 0 Å². The fourth-order valence-electron chi connectivity index (χ4n) is 2.56. The van der Waals surface area contributed by atoms with Gasteiger partial charge in [0.15, 0.2) is 0 Å². The molecule has 19 heavy (non-hydrogen) atoms. The zero-order valence-electron chi connectivity index (χ0n) is 12.0. The van der Waals surface area contributed by atoms with Crippen LogP contribution >= 0.6 is 0 Å². The van der Waals surface area contributed by atoms with Crippen LogP contribution in [0.2, 0.25) is 0 Å². The van der Waals surface area contributed by atoms with Gasteiger partial charge in [0.25, 0.3) is 0 Å². The first-order valence-electron chi connectivity index (χ1n) is 7.58. The van der Waals surface area contributed by atoms with E-state index < -0.39 is 0 Å². The van der Waals surface area contributed by atoms with Crippen molar-refractivity contribution in [1.29, 1.82) is 0 Å². The average molecular weight is 262 g/mol. The topological polar surface area (TPSA) is 38.5 Å². The number of hydrogen-bond donors (Lipinski definition) is 1. The van der Waals surface area contributed by atoms with E-state index in [-0.39, 0.29) is 0 Å². The molecule has 1 fully saturated rings. The molecule has 0 saturated carbocycles. The zero-order valence-corrected chi connectivity index (χ0v) is 12.0. The molecule has 0 radical (unpaired) electrons. The molecule has 2 N–H and O–H groups in total. The summed E-state index contributed by atoms with van der Waals surface area (Å²) >= 11 is 0. The summed E-state index contributed by atoms with van der Waals surface area (Å²) in [6.45, 7) is 5.14. The van der Waals surface area contributed by atoms with E-state index in [1.807, 2.05) is 6.07 Å². The summed E-state index contributed by atoms with van der Waals surface area (Å²) in [5.41, 5.74) is 7.96. The van der Waals surface area contributed by atoms with Crippen LogP contribution in [-0.4, -0.2) is 19.7 Å². The Kier molecular flexibility index (Phi) is 5.37. The first-order chi connectivity index (χ1) is 9.31. The van der Waals surface area contributed by atoms with Crippen molar-refractivity contribution in [1.82, 2.24) is 0 Å². The third kappa shape index (κ3) is 4.05. The lowest BCUT2D eigenvalue weighted by molar-refractivity contribution is 0.319. The molecule has 0 spiro atoms. The van der Waals surface area contributed by atoms with Crippen molar-refractivity contribution in [2.45, 2.75) is 45.4 Å². The minimum Gasteiger partial charge on any atom is -0.491 e. The molecule has 1 aromatic carbocycles. The van der Waals surface area contributed by atoms with E-state index in [0.717, 1.165) is 37.6 Å². The summed E-state index contributed by atoms with van der Waals surface area (Å²) in [6, 6.07) is 6.20. The van der Waals surface area contributed by atoms with Gasteiger partial charge in [-0.1, -0.05) is 26.2 Å². The number of ether oxygens (including phenoxy) is 1. The van der Waals surface area contributed by atoms with Gasteiger partial charge in [0.05, 0.1) is 12.3 Å². The normalized spacial score (nSPS) is 16.8. The van der Waals surface area contributed by atoms with Crippen LogP contribution in [0.3, 0.4) is 0 Å². The van der Waals surface area contributed by atoms with Gasteiger partial charge in [-0.3, -0.25) is 0 Å². The van der Waals surface area contributed by atoms with Crippen LogP contribution in [0.25, 0.3) is 0 Å². The van der Waals surface area contributed by atoms with Crippen molar-refractivity contribution in [3.05, 3.63) is 18.2 Å². The summed E-state index contributed by atoms with van der Waals surface area (Å²) in [4.78, 5) is 2.47. The standard InChI is InChI=1S/C16H26N2O/c1-2-12-19-16-13-14(8-9-15(16)17)18-10-6-4-3-5-7-11-18/h8-9,13H,2-7,10-12,17H2,1H3. The number of rotatable bonds is 4. The molecule has 2 rings (SSSR count). The molecule has 1 aliphatic rings. The molecule has 0 aliphatic carbocycles. The number of nitrogen functional groups attached to an aromatic ring is 1. The predicted octanol–water partition coefficient (Wildman–Crippen LogP) is 3.83. The van der Waals surface area contributed by atoms with Crippen molar-refractivity contribution >= 4 is 11.4 Å². The average Bonchev–Trinajstić information content (AvgIpc) is 2.38. The highest BCUT2D eigenvalue weighted by molar-refractivity contribution is 5.62. The minimum atomic E-state index is 0.730. The van der Waals surface area contributed by atoms with Crippen LogP contribution in [0.15, 0.2) is 18.2 Å². The Hall–Kier alpha value is -1.38. The lowest BCUT2D eigenvalue weighted by Gasteiger charge is -2.27. The molecule has 1 heterocycles. The van der Waals surface area contributed by atoms with Crippen LogP contribution in [0, 0.1) is 0 Å². The molecule has 0 atom stereocenters. The van der Waals surface area contributed by atoms with Gasteiger partial charge in [0.1, 0.15) is 5.75 Å². The highest BCUT2D eigenvalue weighted by Crippen LogP contribution is 2.29. The van der Waals surface area contributed by atoms with Gasteiger partial charge in [-0.25, -0.2) is 0 Å². The molecular weight excluding hydrogens is 236 g/mol. The fraction of sp³-hybridized carbons (Fsp3) is 0.625. The number of benzene rings is 1. The van der Waals surface area contributed by atoms with Crippen LogP contribution in [0.4, 0.5) is 11.4 Å². The Morgan fingerprint density at radius 2 is 1.79 bits per heavy atom. The number of anilines is 2. The molecule has 0 bridgehead atoms. The van der Waals surface area contributed by atoms with Crippen molar-refractivity contribution in [3.63, 3.8) is 0 Å². The van der Waals surface area contributed by atoms with Gasteiger partial charge in [0.2, 0.25) is 0 Å². The minimum absolute atomic E-state index is 0.730. The maximum Gasteiger partial charge on any atom is 0.144 e. The van der Waals surface area contributed by atoms with Crippen molar-refractivity contribution in [3.8, 4) is 5.75 Å². The van der Waals surface area contributed by atoms with E-state index in [9.17, 15) is 0 Å². The molecule has 1 saturated heterocycles. The summed E-state index contributed by atoms with van der Waals surface area (Å²) in [5.74, 6) is 0.835. The van der Waals surface area contributed by atoms with E-state index >= 15 is 0 Å². The van der Waals surface area contributed by atoms with Gasteiger partial charge in [0, 0.05) is 24.8 Å². The first-order valence-corrected chi connectivity index (χ1v) is 7.58. The van der Waals surface area contributed by atoms with Crippen molar-refractivity contribution in [2.75, 3.05) is 30.3 Å². The van der Waals surface area contributed by atoms with E-state index in [1.54, 1.807) is 0 Å². The third-order valence-electron chi connectivity index (χ3n) is 3.68. The lowest BCUT2D eigenvalue weighted by Crippen LogP contribution is -2.27. The Balaban J connectivity index is 2.09. The third-order valence-corrected chi connectivity index (χ3v) is 3.68. The smallest absolute Gasteiger partial charge is 0.144 e. The maximum atomic E-state index is 5.97. The SMILES string of the molecule is CCCOc1cc(N2CCCCCCC2)ccc1N. The number of nitrogens with two attached hydrogens (primary N) is 1. The van der Waals surface area contributed by atoms with Gasteiger partial charge >= 0.3 is 0 Å². The van der Waals surface area contributed by atoms with Crippen LogP contribution < -0.4 is 15.4 Å². The Labute approximate surface area is 116 Å². The lowest BCUT2D eigenvalue weighted by atomic mass is 10.1. The monoisotopic (exact) mass is 262 g/mol. The molecule has 0 unspecified atom stereocenters. The fourth-order valence-corrected chi connectivity index (χ4v) is 2.56. The Bertz CT molecular complexity index is 384. The van der Waals surface area contributed by atoms with Gasteiger partial charge in [-0.05, 0) is 31.4 Å². The Morgan fingerprint density at radius 1 is 1.11 bits per heavy atom. The quantitative estimate of drug-likeness (QED) is 0.838. The summed E-state index contributed by atoms with van der Waals surface area (Å²) in [5, 5.41) is 0. The second kappa shape index (κ2) is 7.27. The molecule has 3 heteroatoms. The first kappa shape index (κ1) is 14.0. The second-order valence-electron chi connectivity index (χ2n) is 5.33. The summed E-state index contributed by atoms with van der Waals surface area (Å²) in [6.07, 6.45) is 7.67. The van der Waals surface area contributed by atoms with Crippen molar-refractivity contribution < 1.29 is 4.74 Å². The Morgan fingerprint density at radius 3 is 2.47 bits per heavy atom. The van der Waals surface area contributed by atoms with Gasteiger partial charge < -0.3 is 15.4 Å². The molecule has 1 aliphatic heterocycles. The van der Waals surface area contributed by atoms with Crippen molar-refractivity contribution in [2.24, 2.45) is 0 Å². The molecule has 0 amide bonds. The van der Waals surface area contributed by atoms with Crippen LogP contribution in [0.5, 0.6) is 5.75 Å². The second-order valence-corrected chi connectivity index (χ2v) is 5.33. The largest absolute Gasteiger partial charge is 0.491 e. The molecular formula is C16H26N2O. The number of nitrogens with zero attached hydrogens (tertiary/aromatic N) is 1. The molecule has 106 valence electrons.